The number of aryl methyl sites for hydroxylation is 1. The maximum atomic E-state index is 13.5. The van der Waals surface area contributed by atoms with Gasteiger partial charge in [0, 0.05) is 5.56 Å². The summed E-state index contributed by atoms with van der Waals surface area (Å²) in [6.07, 6.45) is -6.07. The van der Waals surface area contributed by atoms with Crippen molar-refractivity contribution in [1.29, 1.82) is 0 Å². The van der Waals surface area contributed by atoms with Gasteiger partial charge in [0.05, 0.1) is 33.4 Å². The standard InChI is InChI=1S/C30H29F3N6O8S/c1-3-37(39(42)36-47-20-46-28(40)23-7-5-4-6-8-23)17-18-45-29(41)35-48(43,44)25-15-13-24(14-16-25)38-26(19-27(34-38)30(31,32)33)22-11-9-21(2)10-12-22/h4-16,19H,3,17-18,20H2,1-2H3,(H,35,41). The summed E-state index contributed by atoms with van der Waals surface area (Å²) in [7, 11) is -4.46. The number of carbonyl (C=O) groups is 2. The first kappa shape index (κ1) is 35.2. The predicted octanol–water partition coefficient (Wildman–Crippen LogP) is 5.23. The molecular weight excluding hydrogens is 661 g/mol. The van der Waals surface area contributed by atoms with E-state index in [0.29, 0.717) is 5.56 Å². The van der Waals surface area contributed by atoms with E-state index in [2.05, 4.69) is 10.4 Å². The molecule has 1 N–H and O–H groups in total. The Kier molecular flexibility index (Phi) is 11.2. The van der Waals surface area contributed by atoms with Crippen molar-refractivity contribution in [2.45, 2.75) is 24.9 Å². The molecule has 0 bridgehead atoms. The van der Waals surface area contributed by atoms with E-state index in [4.69, 9.17) is 14.3 Å². The molecule has 1 heterocycles. The largest absolute Gasteiger partial charge is 0.569 e. The number of aromatic nitrogens is 2. The Morgan fingerprint density at radius 3 is 2.31 bits per heavy atom. The molecule has 4 rings (SSSR count). The average Bonchev–Trinajstić information content (AvgIpc) is 3.52. The zero-order valence-corrected chi connectivity index (χ0v) is 26.3. The molecule has 0 saturated heterocycles. The summed E-state index contributed by atoms with van der Waals surface area (Å²) in [4.78, 5) is 28.5. The van der Waals surface area contributed by atoms with E-state index < -0.39 is 47.4 Å². The number of hydrazine groups is 1. The van der Waals surface area contributed by atoms with Crippen molar-refractivity contribution in [2.24, 2.45) is 5.28 Å². The second-order valence-electron chi connectivity index (χ2n) is 9.85. The number of amides is 1. The second-order valence-corrected chi connectivity index (χ2v) is 11.5. The Bertz CT molecular complexity index is 1850. The minimum atomic E-state index is -4.72. The average molecular weight is 691 g/mol. The smallest absolute Gasteiger partial charge is 0.435 e. The summed E-state index contributed by atoms with van der Waals surface area (Å²) in [5.74, 6) is -0.689. The minimum Gasteiger partial charge on any atom is -0.569 e. The lowest BCUT2D eigenvalue weighted by Crippen LogP contribution is -2.36. The van der Waals surface area contributed by atoms with Gasteiger partial charge in [-0.15, -0.1) is 5.01 Å². The second kappa shape index (κ2) is 15.3. The number of esters is 1. The number of carbonyl (C=O) groups excluding carboxylic acids is 2. The number of hydrogen-bond acceptors (Lipinski definition) is 10. The Balaban J connectivity index is 1.32. The number of benzene rings is 3. The summed E-state index contributed by atoms with van der Waals surface area (Å²) >= 11 is 0. The normalized spacial score (nSPS) is 11.9. The maximum absolute atomic E-state index is 13.5. The van der Waals surface area contributed by atoms with Crippen molar-refractivity contribution >= 4 is 22.1 Å². The Labute approximate surface area is 272 Å². The van der Waals surface area contributed by atoms with Gasteiger partial charge >= 0.3 is 18.2 Å². The zero-order chi connectivity index (χ0) is 34.9. The molecule has 0 saturated carbocycles. The summed E-state index contributed by atoms with van der Waals surface area (Å²) in [5.41, 5.74) is 0.756. The number of alkyl halides is 3. The van der Waals surface area contributed by atoms with Crippen LogP contribution in [0.1, 0.15) is 28.5 Å². The third kappa shape index (κ3) is 9.21. The molecular formula is C30H29F3N6O8S. The third-order valence-corrected chi connectivity index (χ3v) is 7.85. The van der Waals surface area contributed by atoms with E-state index in [-0.39, 0.29) is 39.9 Å². The van der Waals surface area contributed by atoms with Crippen LogP contribution in [0.5, 0.6) is 0 Å². The van der Waals surface area contributed by atoms with Crippen molar-refractivity contribution in [3.8, 4) is 16.9 Å². The van der Waals surface area contributed by atoms with Gasteiger partial charge in [-0.05, 0) is 56.3 Å². The first-order valence-electron chi connectivity index (χ1n) is 14.1. The molecule has 254 valence electrons. The molecule has 0 radical (unpaired) electrons. The fraction of sp³-hybridized carbons (Fsp3) is 0.233. The van der Waals surface area contributed by atoms with Crippen LogP contribution in [-0.2, 0) is 30.5 Å². The van der Waals surface area contributed by atoms with E-state index in [9.17, 15) is 36.4 Å². The number of likely N-dealkylation sites (N-methyl/N-ethyl adjacent to an activating group) is 1. The minimum absolute atomic E-state index is 0.0391. The van der Waals surface area contributed by atoms with Crippen LogP contribution in [0.25, 0.3) is 16.9 Å². The number of nitrogens with one attached hydrogen (secondary N) is 1. The first-order valence-corrected chi connectivity index (χ1v) is 15.6. The van der Waals surface area contributed by atoms with Crippen LogP contribution in [0.4, 0.5) is 18.0 Å². The van der Waals surface area contributed by atoms with Gasteiger partial charge in [-0.3, -0.25) is 0 Å². The molecule has 4 aromatic rings. The van der Waals surface area contributed by atoms with Gasteiger partial charge in [0.1, 0.15) is 13.2 Å². The van der Waals surface area contributed by atoms with Crippen LogP contribution < -0.4 is 4.72 Å². The first-order chi connectivity index (χ1) is 22.8. The molecule has 0 fully saturated rings. The van der Waals surface area contributed by atoms with Gasteiger partial charge in [0.15, 0.2) is 5.69 Å². The maximum Gasteiger partial charge on any atom is 0.435 e. The molecule has 0 atom stereocenters. The van der Waals surface area contributed by atoms with Gasteiger partial charge in [-0.1, -0.05) is 48.0 Å². The highest BCUT2D eigenvalue weighted by atomic mass is 32.2. The number of nitrogens with zero attached hydrogens (tertiary/aromatic N) is 5. The van der Waals surface area contributed by atoms with Gasteiger partial charge in [0.25, 0.3) is 16.8 Å². The monoisotopic (exact) mass is 690 g/mol. The SMILES string of the molecule is CCN(CCOC(=O)NS(=O)(=O)c1ccc(-n2nc(C(F)(F)F)cc2-c2ccc(C)cc2)cc1)[N+]([O-])=NOCOC(=O)c1ccccc1. The number of ether oxygens (including phenoxy) is 2. The number of halogens is 3. The molecule has 1 amide bonds. The van der Waals surface area contributed by atoms with Crippen molar-refractivity contribution in [3.63, 3.8) is 0 Å². The fourth-order valence-corrected chi connectivity index (χ4v) is 4.97. The summed E-state index contributed by atoms with van der Waals surface area (Å²) in [6, 6.07) is 20.3. The van der Waals surface area contributed by atoms with E-state index in [1.165, 1.54) is 24.3 Å². The van der Waals surface area contributed by atoms with Gasteiger partial charge in [-0.2, -0.15) is 18.3 Å². The molecule has 14 nitrogen and oxygen atoms in total. The Hall–Kier alpha value is -5.65. The van der Waals surface area contributed by atoms with Gasteiger partial charge in [-0.25, -0.2) is 27.4 Å². The highest BCUT2D eigenvalue weighted by molar-refractivity contribution is 7.90. The summed E-state index contributed by atoms with van der Waals surface area (Å²) in [5, 5.41) is 20.1. The lowest BCUT2D eigenvalue weighted by Gasteiger charge is -2.16. The quantitative estimate of drug-likeness (QED) is 0.0490. The Morgan fingerprint density at radius 1 is 1.02 bits per heavy atom. The van der Waals surface area contributed by atoms with Crippen LogP contribution >= 0.6 is 0 Å². The third-order valence-electron chi connectivity index (χ3n) is 6.53. The predicted molar refractivity (Wildman–Crippen MR) is 162 cm³/mol. The molecule has 3 aromatic carbocycles. The summed E-state index contributed by atoms with van der Waals surface area (Å²) < 4.78 is 78.5. The zero-order valence-electron chi connectivity index (χ0n) is 25.5. The Morgan fingerprint density at radius 2 is 1.69 bits per heavy atom. The molecule has 0 spiro atoms. The lowest BCUT2D eigenvalue weighted by molar-refractivity contribution is -0.711. The molecule has 0 aliphatic rings. The molecule has 0 unspecified atom stereocenters. The summed E-state index contributed by atoms with van der Waals surface area (Å²) in [6.45, 7) is 2.20. The number of rotatable bonds is 13. The van der Waals surface area contributed by atoms with E-state index in [0.717, 1.165) is 33.5 Å². The van der Waals surface area contributed by atoms with E-state index in [1.54, 1.807) is 54.1 Å². The molecule has 48 heavy (non-hydrogen) atoms. The van der Waals surface area contributed by atoms with Crippen LogP contribution in [0.2, 0.25) is 0 Å². The molecule has 1 aromatic heterocycles. The van der Waals surface area contributed by atoms with Gasteiger partial charge < -0.3 is 19.5 Å². The van der Waals surface area contributed by atoms with Gasteiger partial charge in [0.2, 0.25) is 5.28 Å². The number of sulfonamides is 1. The number of hydrogen-bond donors (Lipinski definition) is 1. The van der Waals surface area contributed by atoms with Crippen LogP contribution in [0.3, 0.4) is 0 Å². The highest BCUT2D eigenvalue weighted by Crippen LogP contribution is 2.33. The van der Waals surface area contributed by atoms with E-state index in [1.807, 2.05) is 6.92 Å². The van der Waals surface area contributed by atoms with Crippen molar-refractivity contribution in [2.75, 3.05) is 26.5 Å². The topological polar surface area (TPSA) is 167 Å². The van der Waals surface area contributed by atoms with Crippen LogP contribution in [0, 0.1) is 12.1 Å². The molecule has 18 heteroatoms. The lowest BCUT2D eigenvalue weighted by atomic mass is 10.1. The highest BCUT2D eigenvalue weighted by Gasteiger charge is 2.35. The fourth-order valence-electron chi connectivity index (χ4n) is 4.08. The van der Waals surface area contributed by atoms with Crippen LogP contribution in [-0.4, -0.2) is 66.7 Å². The van der Waals surface area contributed by atoms with Crippen LogP contribution in [0.15, 0.2) is 95.1 Å². The molecule has 0 aliphatic carbocycles. The van der Waals surface area contributed by atoms with Crippen molar-refractivity contribution in [3.05, 3.63) is 107 Å². The van der Waals surface area contributed by atoms with Crippen molar-refractivity contribution in [1.82, 2.24) is 19.5 Å². The van der Waals surface area contributed by atoms with Crippen molar-refractivity contribution < 1.29 is 50.5 Å². The molecule has 0 aliphatic heterocycles. The van der Waals surface area contributed by atoms with E-state index >= 15 is 0 Å².